The first kappa shape index (κ1) is 27.2. The molecule has 1 aliphatic rings. The number of amides is 2. The molecule has 1 aliphatic heterocycles. The van der Waals surface area contributed by atoms with Gasteiger partial charge in [-0.2, -0.15) is 0 Å². The van der Waals surface area contributed by atoms with Crippen LogP contribution in [0.15, 0.2) is 53.1 Å². The number of hydrogen-bond acceptors (Lipinski definition) is 6. The smallest absolute Gasteiger partial charge is 0.324 e. The van der Waals surface area contributed by atoms with Crippen LogP contribution in [0.25, 0.3) is 0 Å². The Morgan fingerprint density at radius 3 is 2.47 bits per heavy atom. The number of ether oxygens (including phenoxy) is 2. The first-order valence-corrected chi connectivity index (χ1v) is 12.7. The predicted molar refractivity (Wildman–Crippen MR) is 144 cm³/mol. The van der Waals surface area contributed by atoms with Crippen LogP contribution in [0, 0.1) is 17.7 Å². The van der Waals surface area contributed by atoms with Gasteiger partial charge in [0.05, 0.1) is 19.8 Å². The standard InChI is InChI=1S/C29H33FN4O4/c1-29(2,3)26-20-27(33-38-26)32-28(35)31-23-10-7-21(8-11-23)5-6-22-9-12-24(30)25(19-22)37-16-4-13-34-14-17-36-18-15-34/h7-12,19-20H,4,13-18H2,1-3H3,(H2,31,32,33,35). The zero-order valence-electron chi connectivity index (χ0n) is 22.0. The quantitative estimate of drug-likeness (QED) is 0.327. The van der Waals surface area contributed by atoms with E-state index in [2.05, 4.69) is 32.5 Å². The molecule has 0 radical (unpaired) electrons. The van der Waals surface area contributed by atoms with Crippen LogP contribution in [0.1, 0.15) is 44.1 Å². The Morgan fingerprint density at radius 2 is 1.76 bits per heavy atom. The summed E-state index contributed by atoms with van der Waals surface area (Å²) in [7, 11) is 0. The van der Waals surface area contributed by atoms with Crippen LogP contribution >= 0.6 is 0 Å². The van der Waals surface area contributed by atoms with E-state index in [1.54, 1.807) is 42.5 Å². The van der Waals surface area contributed by atoms with E-state index in [9.17, 15) is 9.18 Å². The molecule has 9 heteroatoms. The van der Waals surface area contributed by atoms with E-state index in [0.29, 0.717) is 29.4 Å². The summed E-state index contributed by atoms with van der Waals surface area (Å²) in [5, 5.41) is 9.29. The van der Waals surface area contributed by atoms with Crippen molar-refractivity contribution in [1.82, 2.24) is 10.1 Å². The maximum atomic E-state index is 14.2. The topological polar surface area (TPSA) is 88.9 Å². The summed E-state index contributed by atoms with van der Waals surface area (Å²) in [6, 6.07) is 13.0. The maximum Gasteiger partial charge on any atom is 0.324 e. The lowest BCUT2D eigenvalue weighted by Crippen LogP contribution is -2.37. The van der Waals surface area contributed by atoms with E-state index in [0.717, 1.165) is 44.8 Å². The minimum Gasteiger partial charge on any atom is -0.490 e. The number of halogens is 1. The first-order valence-electron chi connectivity index (χ1n) is 12.7. The van der Waals surface area contributed by atoms with Gasteiger partial charge in [-0.25, -0.2) is 9.18 Å². The van der Waals surface area contributed by atoms with Gasteiger partial charge in [-0.15, -0.1) is 0 Å². The number of urea groups is 1. The number of benzene rings is 2. The molecule has 2 amide bonds. The van der Waals surface area contributed by atoms with Crippen LogP contribution in [0.4, 0.5) is 20.7 Å². The second-order valence-electron chi connectivity index (χ2n) is 10.0. The van der Waals surface area contributed by atoms with Gasteiger partial charge in [-0.05, 0) is 48.9 Å². The molecule has 3 aromatic rings. The van der Waals surface area contributed by atoms with Crippen molar-refractivity contribution in [2.75, 3.05) is 50.1 Å². The van der Waals surface area contributed by atoms with Gasteiger partial charge in [0.1, 0.15) is 5.76 Å². The van der Waals surface area contributed by atoms with Crippen LogP contribution in [0.5, 0.6) is 5.75 Å². The summed E-state index contributed by atoms with van der Waals surface area (Å²) in [5.74, 6) is 6.91. The van der Waals surface area contributed by atoms with Crippen molar-refractivity contribution in [2.24, 2.45) is 0 Å². The van der Waals surface area contributed by atoms with Gasteiger partial charge < -0.3 is 19.3 Å². The number of morpholine rings is 1. The highest BCUT2D eigenvalue weighted by Gasteiger charge is 2.20. The summed E-state index contributed by atoms with van der Waals surface area (Å²) in [5.41, 5.74) is 1.80. The van der Waals surface area contributed by atoms with Crippen molar-refractivity contribution in [3.05, 3.63) is 71.2 Å². The second kappa shape index (κ2) is 12.6. The molecule has 0 bridgehead atoms. The Morgan fingerprint density at radius 1 is 1.05 bits per heavy atom. The highest BCUT2D eigenvalue weighted by Crippen LogP contribution is 2.24. The zero-order chi connectivity index (χ0) is 27.0. The highest BCUT2D eigenvalue weighted by atomic mass is 19.1. The SMILES string of the molecule is CC(C)(C)c1cc(NC(=O)Nc2ccc(C#Cc3ccc(F)c(OCCCN4CCOCC4)c3)cc2)no1. The normalized spacial score (nSPS) is 13.9. The van der Waals surface area contributed by atoms with Gasteiger partial charge in [-0.3, -0.25) is 10.2 Å². The van der Waals surface area contributed by atoms with E-state index in [4.69, 9.17) is 14.0 Å². The number of anilines is 2. The van der Waals surface area contributed by atoms with Gasteiger partial charge >= 0.3 is 6.03 Å². The molecule has 0 atom stereocenters. The Hall–Kier alpha value is -3.87. The van der Waals surface area contributed by atoms with E-state index >= 15 is 0 Å². The van der Waals surface area contributed by atoms with Gasteiger partial charge in [0.2, 0.25) is 0 Å². The summed E-state index contributed by atoms with van der Waals surface area (Å²) in [6.07, 6.45) is 0.810. The Bertz CT molecular complexity index is 1280. The fourth-order valence-electron chi connectivity index (χ4n) is 3.73. The molecular formula is C29H33FN4O4. The maximum absolute atomic E-state index is 14.2. The average molecular weight is 521 g/mol. The van der Waals surface area contributed by atoms with Crippen LogP contribution < -0.4 is 15.4 Å². The van der Waals surface area contributed by atoms with Crippen LogP contribution in [0.3, 0.4) is 0 Å². The van der Waals surface area contributed by atoms with Gasteiger partial charge in [0.25, 0.3) is 0 Å². The molecule has 1 aromatic heterocycles. The van der Waals surface area contributed by atoms with E-state index in [1.807, 2.05) is 20.8 Å². The molecule has 200 valence electrons. The largest absolute Gasteiger partial charge is 0.490 e. The number of aromatic nitrogens is 1. The third kappa shape index (κ3) is 8.07. The predicted octanol–water partition coefficient (Wildman–Crippen LogP) is 5.26. The molecule has 38 heavy (non-hydrogen) atoms. The van der Waals surface area contributed by atoms with E-state index in [-0.39, 0.29) is 11.2 Å². The molecule has 2 aromatic carbocycles. The third-order valence-corrected chi connectivity index (χ3v) is 5.90. The Labute approximate surface area is 222 Å². The van der Waals surface area contributed by atoms with Crippen molar-refractivity contribution >= 4 is 17.5 Å². The molecule has 2 N–H and O–H groups in total. The summed E-state index contributed by atoms with van der Waals surface area (Å²) < 4.78 is 30.5. The lowest BCUT2D eigenvalue weighted by molar-refractivity contribution is 0.0357. The summed E-state index contributed by atoms with van der Waals surface area (Å²) in [4.78, 5) is 14.6. The van der Waals surface area contributed by atoms with Crippen LogP contribution in [-0.4, -0.2) is 55.5 Å². The summed E-state index contributed by atoms with van der Waals surface area (Å²) >= 11 is 0. The van der Waals surface area contributed by atoms with Crippen molar-refractivity contribution in [2.45, 2.75) is 32.6 Å². The monoisotopic (exact) mass is 520 g/mol. The second-order valence-corrected chi connectivity index (χ2v) is 10.0. The van der Waals surface area contributed by atoms with Crippen LogP contribution in [-0.2, 0) is 10.2 Å². The number of nitrogens with one attached hydrogen (secondary N) is 2. The molecule has 1 saturated heterocycles. The molecule has 2 heterocycles. The molecular weight excluding hydrogens is 487 g/mol. The summed E-state index contributed by atoms with van der Waals surface area (Å²) in [6.45, 7) is 10.7. The molecule has 4 rings (SSSR count). The number of hydrogen-bond donors (Lipinski definition) is 2. The van der Waals surface area contributed by atoms with Crippen molar-refractivity contribution in [3.63, 3.8) is 0 Å². The van der Waals surface area contributed by atoms with E-state index < -0.39 is 11.8 Å². The minimum absolute atomic E-state index is 0.200. The number of nitrogens with zero attached hydrogens (tertiary/aromatic N) is 2. The minimum atomic E-state index is -0.429. The molecule has 8 nitrogen and oxygen atoms in total. The molecule has 0 aliphatic carbocycles. The Balaban J connectivity index is 1.27. The highest BCUT2D eigenvalue weighted by molar-refractivity contribution is 5.99. The van der Waals surface area contributed by atoms with Crippen molar-refractivity contribution in [1.29, 1.82) is 0 Å². The van der Waals surface area contributed by atoms with E-state index in [1.165, 1.54) is 6.07 Å². The lowest BCUT2D eigenvalue weighted by atomic mass is 9.93. The number of carbonyl (C=O) groups is 1. The third-order valence-electron chi connectivity index (χ3n) is 5.90. The fraction of sp³-hybridized carbons (Fsp3) is 0.379. The fourth-order valence-corrected chi connectivity index (χ4v) is 3.73. The average Bonchev–Trinajstić information content (AvgIpc) is 3.37. The zero-order valence-corrected chi connectivity index (χ0v) is 22.0. The van der Waals surface area contributed by atoms with Gasteiger partial charge in [0, 0.05) is 47.9 Å². The molecule has 1 fully saturated rings. The number of rotatable bonds is 7. The van der Waals surface area contributed by atoms with Gasteiger partial charge in [-0.1, -0.05) is 37.8 Å². The first-order chi connectivity index (χ1) is 18.3. The van der Waals surface area contributed by atoms with Crippen molar-refractivity contribution in [3.8, 4) is 17.6 Å². The van der Waals surface area contributed by atoms with Crippen LogP contribution in [0.2, 0.25) is 0 Å². The van der Waals surface area contributed by atoms with Crippen molar-refractivity contribution < 1.29 is 23.2 Å². The lowest BCUT2D eigenvalue weighted by Gasteiger charge is -2.26. The molecule has 0 spiro atoms. The molecule has 0 saturated carbocycles. The number of carbonyl (C=O) groups excluding carboxylic acids is 1. The van der Waals surface area contributed by atoms with Gasteiger partial charge in [0.15, 0.2) is 17.4 Å². The Kier molecular flexibility index (Phi) is 9.00. The molecule has 0 unspecified atom stereocenters.